The van der Waals surface area contributed by atoms with E-state index in [1.54, 1.807) is 25.2 Å². The van der Waals surface area contributed by atoms with Gasteiger partial charge in [-0.3, -0.25) is 4.79 Å². The fourth-order valence-electron chi connectivity index (χ4n) is 2.33. The number of hydrogen-bond donors (Lipinski definition) is 1. The second-order valence-electron chi connectivity index (χ2n) is 6.13. The van der Waals surface area contributed by atoms with Crippen LogP contribution in [0.3, 0.4) is 0 Å². The molecule has 0 heterocycles. The van der Waals surface area contributed by atoms with Crippen LogP contribution in [-0.4, -0.2) is 45.4 Å². The van der Waals surface area contributed by atoms with Crippen molar-refractivity contribution in [1.29, 1.82) is 0 Å². The molecule has 7 nitrogen and oxygen atoms in total. The van der Waals surface area contributed by atoms with E-state index in [2.05, 4.69) is 10.6 Å². The Labute approximate surface area is 185 Å². The highest BCUT2D eigenvalue weighted by molar-refractivity contribution is 7.89. The van der Waals surface area contributed by atoms with Crippen molar-refractivity contribution in [3.63, 3.8) is 0 Å². The van der Waals surface area contributed by atoms with Crippen LogP contribution in [0.25, 0.3) is 0 Å². The van der Waals surface area contributed by atoms with E-state index >= 15 is 0 Å². The number of ether oxygens (including phenoxy) is 1. The molecule has 0 spiro atoms. The molecule has 0 saturated carbocycles. The summed E-state index contributed by atoms with van der Waals surface area (Å²) in [6, 6.07) is 10.2. The Morgan fingerprint density at radius 2 is 1.90 bits per heavy atom. The first-order chi connectivity index (χ1) is 14.1. The maximum absolute atomic E-state index is 12.2. The third-order valence-corrected chi connectivity index (χ3v) is 6.04. The number of rotatable bonds is 8. The number of likely N-dealkylation sites (N-methyl/N-ethyl adjacent to an activating group) is 1. The van der Waals surface area contributed by atoms with Gasteiger partial charge in [0.1, 0.15) is 0 Å². The van der Waals surface area contributed by atoms with Crippen molar-refractivity contribution in [2.45, 2.75) is 11.4 Å². The maximum Gasteiger partial charge on any atom is 0.338 e. The normalized spacial score (nSPS) is 10.9. The summed E-state index contributed by atoms with van der Waals surface area (Å²) in [6.45, 7) is -0.457. The number of esters is 1. The zero-order valence-corrected chi connectivity index (χ0v) is 18.2. The average Bonchev–Trinajstić information content (AvgIpc) is 2.73. The summed E-state index contributed by atoms with van der Waals surface area (Å²) in [6.07, 6.45) is 5.05. The number of nitrogens with zero attached hydrogens (tertiary/aromatic N) is 1. The molecule has 2 rings (SSSR count). The molecule has 158 valence electrons. The van der Waals surface area contributed by atoms with Gasteiger partial charge in [0.2, 0.25) is 10.0 Å². The molecule has 0 aliphatic heterocycles. The van der Waals surface area contributed by atoms with E-state index in [1.807, 2.05) is 0 Å². The van der Waals surface area contributed by atoms with Gasteiger partial charge in [-0.05, 0) is 35.9 Å². The van der Waals surface area contributed by atoms with E-state index in [-0.39, 0.29) is 23.5 Å². The first kappa shape index (κ1) is 23.7. The molecule has 0 bridgehead atoms. The zero-order chi connectivity index (χ0) is 22.3. The fourth-order valence-corrected chi connectivity index (χ4v) is 3.63. The van der Waals surface area contributed by atoms with Gasteiger partial charge in [0, 0.05) is 13.6 Å². The van der Waals surface area contributed by atoms with Crippen LogP contribution in [0.4, 0.5) is 0 Å². The van der Waals surface area contributed by atoms with Gasteiger partial charge in [-0.1, -0.05) is 41.3 Å². The van der Waals surface area contributed by atoms with Crippen LogP contribution in [0.15, 0.2) is 47.4 Å². The van der Waals surface area contributed by atoms with Gasteiger partial charge in [0.05, 0.1) is 27.0 Å². The molecule has 0 aliphatic carbocycles. The number of carbonyl (C=O) groups is 2. The number of amides is 1. The lowest BCUT2D eigenvalue weighted by Gasteiger charge is -2.17. The van der Waals surface area contributed by atoms with Crippen molar-refractivity contribution >= 4 is 45.1 Å². The summed E-state index contributed by atoms with van der Waals surface area (Å²) < 4.78 is 31.4. The first-order valence-corrected chi connectivity index (χ1v) is 10.8. The van der Waals surface area contributed by atoms with Crippen LogP contribution >= 0.6 is 23.2 Å². The zero-order valence-electron chi connectivity index (χ0n) is 15.9. The average molecular weight is 469 g/mol. The highest BCUT2D eigenvalue weighted by atomic mass is 35.5. The second-order valence-corrected chi connectivity index (χ2v) is 8.71. The Bertz CT molecular complexity index is 1100. The van der Waals surface area contributed by atoms with Gasteiger partial charge in [-0.25, -0.2) is 13.2 Å². The van der Waals surface area contributed by atoms with Crippen LogP contribution < -0.4 is 4.72 Å². The number of sulfonamides is 1. The lowest BCUT2D eigenvalue weighted by molar-refractivity contribution is -0.133. The van der Waals surface area contributed by atoms with Crippen molar-refractivity contribution in [1.82, 2.24) is 9.62 Å². The van der Waals surface area contributed by atoms with Gasteiger partial charge in [-0.15, -0.1) is 6.42 Å². The maximum atomic E-state index is 12.2. The summed E-state index contributed by atoms with van der Waals surface area (Å²) >= 11 is 11.8. The van der Waals surface area contributed by atoms with Crippen LogP contribution in [0.2, 0.25) is 10.0 Å². The molecule has 0 aliphatic rings. The molecule has 1 amide bonds. The Balaban J connectivity index is 1.98. The molecule has 0 fully saturated rings. The SMILES string of the molecule is C#CCNS(=O)(=O)c1cccc(C(=O)OCC(=O)N(C)Cc2ccc(Cl)c(Cl)c2)c1. The molecular weight excluding hydrogens is 451 g/mol. The van der Waals surface area contributed by atoms with E-state index in [1.165, 1.54) is 23.1 Å². The van der Waals surface area contributed by atoms with Gasteiger partial charge in [0.15, 0.2) is 6.61 Å². The van der Waals surface area contributed by atoms with Crippen LogP contribution in [0.5, 0.6) is 0 Å². The van der Waals surface area contributed by atoms with Crippen LogP contribution in [-0.2, 0) is 26.1 Å². The Morgan fingerprint density at radius 1 is 1.17 bits per heavy atom. The summed E-state index contributed by atoms with van der Waals surface area (Å²) in [4.78, 5) is 25.7. The Morgan fingerprint density at radius 3 is 2.57 bits per heavy atom. The number of carbonyl (C=O) groups excluding carboxylic acids is 2. The molecule has 0 atom stereocenters. The number of nitrogens with one attached hydrogen (secondary N) is 1. The van der Waals surface area contributed by atoms with Crippen molar-refractivity contribution in [2.24, 2.45) is 0 Å². The highest BCUT2D eigenvalue weighted by Crippen LogP contribution is 2.23. The van der Waals surface area contributed by atoms with Crippen molar-refractivity contribution in [2.75, 3.05) is 20.2 Å². The number of benzene rings is 2. The molecule has 1 N–H and O–H groups in total. The van der Waals surface area contributed by atoms with Crippen LogP contribution in [0.1, 0.15) is 15.9 Å². The Hall–Kier alpha value is -2.57. The summed E-state index contributed by atoms with van der Waals surface area (Å²) in [5.74, 6) is 0.876. The summed E-state index contributed by atoms with van der Waals surface area (Å²) in [5, 5.41) is 0.773. The van der Waals surface area contributed by atoms with E-state index < -0.39 is 28.5 Å². The second kappa shape index (κ2) is 10.5. The lowest BCUT2D eigenvalue weighted by atomic mass is 10.2. The fraction of sp³-hybridized carbons (Fsp3) is 0.200. The first-order valence-electron chi connectivity index (χ1n) is 8.52. The van der Waals surface area contributed by atoms with Crippen molar-refractivity contribution < 1.29 is 22.7 Å². The monoisotopic (exact) mass is 468 g/mol. The minimum Gasteiger partial charge on any atom is -0.452 e. The standard InChI is InChI=1S/C20H18Cl2N2O5S/c1-3-9-23-30(27,28)16-6-4-5-15(11-16)20(26)29-13-19(25)24(2)12-14-7-8-17(21)18(22)10-14/h1,4-8,10-11,23H,9,12-13H2,2H3. The van der Waals surface area contributed by atoms with Crippen molar-refractivity contribution in [3.8, 4) is 12.3 Å². The molecule has 2 aromatic rings. The molecule has 0 aromatic heterocycles. The van der Waals surface area contributed by atoms with Gasteiger partial charge in [0.25, 0.3) is 5.91 Å². The minimum absolute atomic E-state index is 0.0153. The van der Waals surface area contributed by atoms with Crippen LogP contribution in [0, 0.1) is 12.3 Å². The van der Waals surface area contributed by atoms with Crippen molar-refractivity contribution in [3.05, 3.63) is 63.6 Å². The van der Waals surface area contributed by atoms with E-state index in [4.69, 9.17) is 34.4 Å². The largest absolute Gasteiger partial charge is 0.452 e. The molecule has 0 saturated heterocycles. The number of halogens is 2. The molecule has 2 aromatic carbocycles. The molecule has 30 heavy (non-hydrogen) atoms. The minimum atomic E-state index is -3.86. The molecule has 0 radical (unpaired) electrons. The highest BCUT2D eigenvalue weighted by Gasteiger charge is 2.18. The van der Waals surface area contributed by atoms with E-state index in [0.717, 1.165) is 11.6 Å². The van der Waals surface area contributed by atoms with Gasteiger partial charge >= 0.3 is 5.97 Å². The number of hydrogen-bond acceptors (Lipinski definition) is 5. The third-order valence-electron chi connectivity index (χ3n) is 3.90. The van der Waals surface area contributed by atoms with E-state index in [9.17, 15) is 18.0 Å². The van der Waals surface area contributed by atoms with Gasteiger partial charge < -0.3 is 9.64 Å². The predicted molar refractivity (Wildman–Crippen MR) is 114 cm³/mol. The lowest BCUT2D eigenvalue weighted by Crippen LogP contribution is -2.30. The molecule has 0 unspecified atom stereocenters. The Kier molecular flexibility index (Phi) is 8.26. The van der Waals surface area contributed by atoms with E-state index in [0.29, 0.717) is 10.0 Å². The smallest absolute Gasteiger partial charge is 0.338 e. The van der Waals surface area contributed by atoms with Gasteiger partial charge in [-0.2, -0.15) is 4.72 Å². The predicted octanol–water partition coefficient (Wildman–Crippen LogP) is 2.72. The molecular formula is C20H18Cl2N2O5S. The number of terminal acetylenes is 1. The quantitative estimate of drug-likeness (QED) is 0.474. The molecule has 10 heteroatoms. The third kappa shape index (κ3) is 6.47. The topological polar surface area (TPSA) is 92.8 Å². The summed E-state index contributed by atoms with van der Waals surface area (Å²) in [5.41, 5.74) is 0.738. The summed E-state index contributed by atoms with van der Waals surface area (Å²) in [7, 11) is -2.32.